The summed E-state index contributed by atoms with van der Waals surface area (Å²) in [6.07, 6.45) is 0. The van der Waals surface area contributed by atoms with E-state index in [0.717, 1.165) is 16.2 Å². The Kier molecular flexibility index (Phi) is 2.34. The number of hydrogen-bond acceptors (Lipinski definition) is 1. The summed E-state index contributed by atoms with van der Waals surface area (Å²) in [6.45, 7) is 6.36. The molecule has 0 unspecified atom stereocenters. The van der Waals surface area contributed by atoms with Crippen LogP contribution in [0.1, 0.15) is 16.7 Å². The maximum absolute atomic E-state index is 5.32. The second-order valence-corrected chi connectivity index (χ2v) is 3.24. The predicted octanol–water partition coefficient (Wildman–Crippen LogP) is 1.27. The third-order valence-corrected chi connectivity index (χ3v) is 2.67. The zero-order chi connectivity index (χ0) is 8.43. The number of aryl methyl sites for hydroxylation is 1. The van der Waals surface area contributed by atoms with E-state index in [1.165, 1.54) is 16.7 Å². The van der Waals surface area contributed by atoms with Crippen molar-refractivity contribution in [3.8, 4) is 5.75 Å². The van der Waals surface area contributed by atoms with E-state index >= 15 is 0 Å². The van der Waals surface area contributed by atoms with Crippen molar-refractivity contribution in [2.75, 3.05) is 0 Å². The van der Waals surface area contributed by atoms with Gasteiger partial charge in [0, 0.05) is 0 Å². The van der Waals surface area contributed by atoms with Gasteiger partial charge in [0.1, 0.15) is 5.75 Å². The highest BCUT2D eigenvalue weighted by molar-refractivity contribution is 6.00. The molecule has 0 aliphatic carbocycles. The summed E-state index contributed by atoms with van der Waals surface area (Å²) in [5.41, 5.74) is 3.96. The fourth-order valence-electron chi connectivity index (χ4n) is 1.15. The van der Waals surface area contributed by atoms with Gasteiger partial charge in [-0.2, -0.15) is 0 Å². The largest absolute Gasteiger partial charge is 0.553 e. The molecule has 0 saturated heterocycles. The van der Waals surface area contributed by atoms with Crippen LogP contribution in [0.5, 0.6) is 5.75 Å². The van der Waals surface area contributed by atoms with Crippen LogP contribution in [0.15, 0.2) is 12.1 Å². The van der Waals surface area contributed by atoms with Crippen LogP contribution in [-0.4, -0.2) is 10.5 Å². The zero-order valence-corrected chi connectivity index (χ0v) is 9.56. The zero-order valence-electron chi connectivity index (χ0n) is 7.56. The lowest BCUT2D eigenvalue weighted by molar-refractivity contribution is 0.609. The topological polar surface area (TPSA) is 9.23 Å². The summed E-state index contributed by atoms with van der Waals surface area (Å²) in [7, 11) is 0.771. The molecule has 1 rings (SSSR count). The first-order valence-electron chi connectivity index (χ1n) is 3.77. The summed E-state index contributed by atoms with van der Waals surface area (Å²) in [5, 5.41) is 0. The fourth-order valence-corrected chi connectivity index (χ4v) is 1.59. The van der Waals surface area contributed by atoms with Crippen LogP contribution in [0.25, 0.3) is 0 Å². The smallest absolute Gasteiger partial charge is 0.204 e. The van der Waals surface area contributed by atoms with Gasteiger partial charge in [0.2, 0.25) is 10.5 Å². The van der Waals surface area contributed by atoms with Gasteiger partial charge in [-0.05, 0) is 43.5 Å². The average molecular weight is 166 g/mol. The van der Waals surface area contributed by atoms with Crippen molar-refractivity contribution < 1.29 is 4.43 Å². The molecule has 0 atom stereocenters. The Morgan fingerprint density at radius 3 is 2.27 bits per heavy atom. The summed E-state index contributed by atoms with van der Waals surface area (Å²) in [4.78, 5) is 0. The Hall–Kier alpha value is -0.763. The van der Waals surface area contributed by atoms with E-state index in [1.54, 1.807) is 0 Å². The highest BCUT2D eigenvalue weighted by Crippen LogP contribution is 2.22. The monoisotopic (exact) mass is 166 g/mol. The summed E-state index contributed by atoms with van der Waals surface area (Å²) >= 11 is 0. The highest BCUT2D eigenvalue weighted by atomic mass is 28.2. The minimum Gasteiger partial charge on any atom is -0.553 e. The lowest BCUT2D eigenvalue weighted by Crippen LogP contribution is -1.92. The molecule has 0 aromatic heterocycles. The van der Waals surface area contributed by atoms with Gasteiger partial charge in [0.15, 0.2) is 0 Å². The van der Waals surface area contributed by atoms with Crippen molar-refractivity contribution in [2.24, 2.45) is 0 Å². The molecule has 0 amide bonds. The Labute approximate surface area is 70.9 Å². The van der Waals surface area contributed by atoms with E-state index in [9.17, 15) is 0 Å². The van der Waals surface area contributed by atoms with E-state index < -0.39 is 0 Å². The van der Waals surface area contributed by atoms with Gasteiger partial charge >= 0.3 is 0 Å². The Bertz CT molecular complexity index is 269. The normalized spacial score (nSPS) is 10.1. The predicted molar refractivity (Wildman–Crippen MR) is 51.2 cm³/mol. The van der Waals surface area contributed by atoms with E-state index in [4.69, 9.17) is 4.43 Å². The number of hydrogen-bond donors (Lipinski definition) is 0. The van der Waals surface area contributed by atoms with Crippen LogP contribution in [0.4, 0.5) is 0 Å². The molecular formula is C9H14OSi. The van der Waals surface area contributed by atoms with Gasteiger partial charge in [-0.1, -0.05) is 6.07 Å². The first-order chi connectivity index (χ1) is 5.16. The third-order valence-electron chi connectivity index (χ3n) is 2.23. The molecule has 0 N–H and O–H groups in total. The third kappa shape index (κ3) is 1.45. The molecule has 0 aliphatic heterocycles. The Morgan fingerprint density at radius 1 is 1.09 bits per heavy atom. The lowest BCUT2D eigenvalue weighted by Gasteiger charge is -2.09. The van der Waals surface area contributed by atoms with Crippen LogP contribution >= 0.6 is 0 Å². The van der Waals surface area contributed by atoms with Gasteiger partial charge in [0.25, 0.3) is 0 Å². The van der Waals surface area contributed by atoms with Gasteiger partial charge in [0.05, 0.1) is 0 Å². The van der Waals surface area contributed by atoms with Crippen molar-refractivity contribution in [3.05, 3.63) is 28.8 Å². The second kappa shape index (κ2) is 3.09. The summed E-state index contributed by atoms with van der Waals surface area (Å²) in [5.74, 6) is 1.04. The number of benzene rings is 1. The first-order valence-corrected chi connectivity index (χ1v) is 4.59. The molecule has 1 nitrogen and oxygen atoms in total. The molecule has 0 heterocycles. The van der Waals surface area contributed by atoms with E-state index in [0.29, 0.717) is 0 Å². The van der Waals surface area contributed by atoms with Crippen molar-refractivity contribution in [1.29, 1.82) is 0 Å². The van der Waals surface area contributed by atoms with Gasteiger partial charge in [-0.15, -0.1) is 0 Å². The van der Waals surface area contributed by atoms with Crippen molar-refractivity contribution in [3.63, 3.8) is 0 Å². The minimum absolute atomic E-state index is 0.771. The van der Waals surface area contributed by atoms with Crippen LogP contribution in [0, 0.1) is 20.8 Å². The molecule has 0 spiro atoms. The van der Waals surface area contributed by atoms with Crippen LogP contribution < -0.4 is 4.43 Å². The molecule has 11 heavy (non-hydrogen) atoms. The van der Waals surface area contributed by atoms with Crippen molar-refractivity contribution >= 4 is 10.5 Å². The molecule has 60 valence electrons. The van der Waals surface area contributed by atoms with Gasteiger partial charge in [-0.25, -0.2) is 0 Å². The molecule has 0 radical (unpaired) electrons. The van der Waals surface area contributed by atoms with Crippen LogP contribution in [-0.2, 0) is 0 Å². The number of rotatable bonds is 1. The minimum atomic E-state index is 0.771. The first kappa shape index (κ1) is 8.33. The maximum atomic E-state index is 5.32. The highest BCUT2D eigenvalue weighted by Gasteiger charge is 2.01. The van der Waals surface area contributed by atoms with Crippen LogP contribution in [0.3, 0.4) is 0 Å². The van der Waals surface area contributed by atoms with Crippen molar-refractivity contribution in [1.82, 2.24) is 0 Å². The van der Waals surface area contributed by atoms with Gasteiger partial charge in [-0.3, -0.25) is 0 Å². The van der Waals surface area contributed by atoms with Crippen molar-refractivity contribution in [2.45, 2.75) is 20.8 Å². The standard InChI is InChI=1S/C9H14OSi/c1-6-4-5-9(10-11)8(3)7(6)2/h4-5H,1-3,11H3. The lowest BCUT2D eigenvalue weighted by atomic mass is 10.0. The molecule has 0 aliphatic rings. The van der Waals surface area contributed by atoms with E-state index in [1.807, 2.05) is 6.07 Å². The maximum Gasteiger partial charge on any atom is 0.204 e. The van der Waals surface area contributed by atoms with E-state index in [2.05, 4.69) is 26.8 Å². The Morgan fingerprint density at radius 2 is 1.73 bits per heavy atom. The molecule has 1 aromatic carbocycles. The fraction of sp³-hybridized carbons (Fsp3) is 0.333. The summed E-state index contributed by atoms with van der Waals surface area (Å²) in [6, 6.07) is 4.15. The van der Waals surface area contributed by atoms with Gasteiger partial charge < -0.3 is 4.43 Å². The van der Waals surface area contributed by atoms with E-state index in [-0.39, 0.29) is 0 Å². The molecule has 2 heteroatoms. The quantitative estimate of drug-likeness (QED) is 0.571. The molecule has 1 aromatic rings. The molecule has 0 fully saturated rings. The SMILES string of the molecule is Cc1ccc(O[SiH3])c(C)c1C. The molecular weight excluding hydrogens is 152 g/mol. The second-order valence-electron chi connectivity index (χ2n) is 2.83. The average Bonchev–Trinajstić information content (AvgIpc) is 2.01. The molecule has 0 saturated carbocycles. The Balaban J connectivity index is 3.25. The molecule has 0 bridgehead atoms. The summed E-state index contributed by atoms with van der Waals surface area (Å²) < 4.78 is 5.32. The van der Waals surface area contributed by atoms with Crippen LogP contribution in [0.2, 0.25) is 0 Å².